The van der Waals surface area contributed by atoms with Crippen LogP contribution < -0.4 is 0 Å². The number of ether oxygens (including phenoxy) is 1. The number of para-hydroxylation sites is 2. The van der Waals surface area contributed by atoms with Gasteiger partial charge in [0.1, 0.15) is 17.2 Å². The number of imidazole rings is 1. The fraction of sp³-hybridized carbons (Fsp3) is 0.214. The van der Waals surface area contributed by atoms with Gasteiger partial charge in [-0.3, -0.25) is 0 Å². The van der Waals surface area contributed by atoms with Crippen molar-refractivity contribution in [2.24, 2.45) is 7.05 Å². The van der Waals surface area contributed by atoms with E-state index in [-0.39, 0.29) is 22.9 Å². The first kappa shape index (κ1) is 16.0. The molecule has 0 fully saturated rings. The minimum atomic E-state index is -0.678. The Kier molecular flexibility index (Phi) is 4.47. The zero-order chi connectivity index (χ0) is 17.1. The van der Waals surface area contributed by atoms with E-state index in [0.29, 0.717) is 10.7 Å². The smallest absolute Gasteiger partial charge is 0.345 e. The standard InChI is InChI=1S/C14H14N6O3S/c1-20-14(17-18-19-20)24-7-10(21)11(13(22)23-2)12-15-8-5-3-4-6-9(8)16-12/h3-6,21H,7H2,1-2H3,(H,15,16). The summed E-state index contributed by atoms with van der Waals surface area (Å²) in [6.45, 7) is 0. The third kappa shape index (κ3) is 3.08. The second kappa shape index (κ2) is 6.71. The van der Waals surface area contributed by atoms with Crippen LogP contribution in [0.2, 0.25) is 0 Å². The molecule has 1 aromatic carbocycles. The van der Waals surface area contributed by atoms with Gasteiger partial charge in [-0.2, -0.15) is 0 Å². The van der Waals surface area contributed by atoms with E-state index < -0.39 is 5.97 Å². The first-order valence-electron chi connectivity index (χ1n) is 6.91. The molecule has 3 rings (SSSR count). The van der Waals surface area contributed by atoms with E-state index in [9.17, 15) is 9.90 Å². The molecule has 0 saturated heterocycles. The van der Waals surface area contributed by atoms with Crippen molar-refractivity contribution in [2.45, 2.75) is 5.16 Å². The molecule has 0 atom stereocenters. The number of fused-ring (bicyclic) bond motifs is 1. The SMILES string of the molecule is COC(=O)C(=C(O)CSc1nnnn1C)c1nc2ccccc2[nH]1. The molecule has 0 aliphatic heterocycles. The van der Waals surface area contributed by atoms with Crippen LogP contribution in [-0.2, 0) is 16.6 Å². The van der Waals surface area contributed by atoms with Crippen molar-refractivity contribution in [1.29, 1.82) is 0 Å². The van der Waals surface area contributed by atoms with Crippen molar-refractivity contribution in [3.05, 3.63) is 35.8 Å². The highest BCUT2D eigenvalue weighted by Crippen LogP contribution is 2.24. The molecule has 0 radical (unpaired) electrons. The molecule has 0 spiro atoms. The van der Waals surface area contributed by atoms with Crippen LogP contribution in [0.5, 0.6) is 0 Å². The molecule has 124 valence electrons. The Morgan fingerprint density at radius 3 is 2.88 bits per heavy atom. The summed E-state index contributed by atoms with van der Waals surface area (Å²) in [4.78, 5) is 19.5. The van der Waals surface area contributed by atoms with Gasteiger partial charge in [0.05, 0.1) is 23.9 Å². The van der Waals surface area contributed by atoms with Crippen LogP contribution in [0.3, 0.4) is 0 Å². The van der Waals surface area contributed by atoms with E-state index in [1.54, 1.807) is 13.1 Å². The second-order valence-corrected chi connectivity index (χ2v) is 5.73. The van der Waals surface area contributed by atoms with Crippen LogP contribution in [0.1, 0.15) is 5.82 Å². The zero-order valence-corrected chi connectivity index (χ0v) is 13.7. The molecule has 2 N–H and O–H groups in total. The number of H-pyrrole nitrogens is 1. The summed E-state index contributed by atoms with van der Waals surface area (Å²) in [7, 11) is 2.93. The number of carbonyl (C=O) groups excluding carboxylic acids is 1. The van der Waals surface area contributed by atoms with Crippen molar-refractivity contribution in [1.82, 2.24) is 30.2 Å². The molecule has 9 nitrogen and oxygen atoms in total. The van der Waals surface area contributed by atoms with Crippen LogP contribution in [0, 0.1) is 0 Å². The molecule has 2 heterocycles. The van der Waals surface area contributed by atoms with Crippen LogP contribution in [-0.4, -0.2) is 54.1 Å². The molecule has 0 amide bonds. The number of hydrogen-bond donors (Lipinski definition) is 2. The summed E-state index contributed by atoms with van der Waals surface area (Å²) in [6.07, 6.45) is 0. The van der Waals surface area contributed by atoms with Crippen LogP contribution >= 0.6 is 11.8 Å². The van der Waals surface area contributed by atoms with Crippen molar-refractivity contribution >= 4 is 34.3 Å². The minimum Gasteiger partial charge on any atom is -0.510 e. The third-order valence-electron chi connectivity index (χ3n) is 3.22. The van der Waals surface area contributed by atoms with Gasteiger partial charge in [-0.05, 0) is 22.6 Å². The van der Waals surface area contributed by atoms with E-state index in [0.717, 1.165) is 5.52 Å². The van der Waals surface area contributed by atoms with Crippen molar-refractivity contribution in [3.8, 4) is 0 Å². The number of esters is 1. The number of hydrogen-bond acceptors (Lipinski definition) is 8. The highest BCUT2D eigenvalue weighted by molar-refractivity contribution is 7.99. The normalized spacial score (nSPS) is 12.2. The largest absolute Gasteiger partial charge is 0.510 e. The summed E-state index contributed by atoms with van der Waals surface area (Å²) in [5, 5.41) is 21.9. The Morgan fingerprint density at radius 2 is 2.21 bits per heavy atom. The first-order valence-corrected chi connectivity index (χ1v) is 7.89. The maximum Gasteiger partial charge on any atom is 0.345 e. The van der Waals surface area contributed by atoms with Gasteiger partial charge in [-0.15, -0.1) is 5.10 Å². The molecule has 0 aliphatic rings. The van der Waals surface area contributed by atoms with Gasteiger partial charge in [-0.25, -0.2) is 14.5 Å². The number of aromatic nitrogens is 6. The summed E-state index contributed by atoms with van der Waals surface area (Å²) in [5.41, 5.74) is 1.43. The van der Waals surface area contributed by atoms with Crippen molar-refractivity contribution in [2.75, 3.05) is 12.9 Å². The minimum absolute atomic E-state index is 0.0173. The average molecular weight is 346 g/mol. The molecule has 24 heavy (non-hydrogen) atoms. The first-order chi connectivity index (χ1) is 11.6. The number of carbonyl (C=O) groups is 1. The number of aromatic amines is 1. The van der Waals surface area contributed by atoms with Crippen LogP contribution in [0.25, 0.3) is 16.6 Å². The van der Waals surface area contributed by atoms with Gasteiger partial charge < -0.3 is 14.8 Å². The Bertz CT molecular complexity index is 883. The van der Waals surface area contributed by atoms with Crippen molar-refractivity contribution in [3.63, 3.8) is 0 Å². The van der Waals surface area contributed by atoms with Crippen molar-refractivity contribution < 1.29 is 14.6 Å². The number of benzene rings is 1. The molecule has 2 aromatic heterocycles. The van der Waals surface area contributed by atoms with Gasteiger partial charge in [0, 0.05) is 7.05 Å². The highest BCUT2D eigenvalue weighted by atomic mass is 32.2. The predicted octanol–water partition coefficient (Wildman–Crippen LogP) is 1.32. The van der Waals surface area contributed by atoms with Gasteiger partial charge in [0.2, 0.25) is 5.16 Å². The fourth-order valence-electron chi connectivity index (χ4n) is 2.07. The molecular formula is C14H14N6O3S. The molecule has 0 bridgehead atoms. The van der Waals surface area contributed by atoms with Crippen LogP contribution in [0.15, 0.2) is 35.2 Å². The molecular weight excluding hydrogens is 332 g/mol. The number of methoxy groups -OCH3 is 1. The number of nitrogens with zero attached hydrogens (tertiary/aromatic N) is 5. The maximum absolute atomic E-state index is 12.1. The second-order valence-electron chi connectivity index (χ2n) is 4.79. The fourth-order valence-corrected chi connectivity index (χ4v) is 2.80. The summed E-state index contributed by atoms with van der Waals surface area (Å²) >= 11 is 1.19. The topological polar surface area (TPSA) is 119 Å². The Balaban J connectivity index is 1.95. The number of aryl methyl sites for hydroxylation is 1. The van der Waals surface area contributed by atoms with Gasteiger partial charge in [0.15, 0.2) is 0 Å². The Morgan fingerprint density at radius 1 is 1.42 bits per heavy atom. The molecule has 0 unspecified atom stereocenters. The molecule has 10 heteroatoms. The number of aliphatic hydroxyl groups excluding tert-OH is 1. The predicted molar refractivity (Wildman–Crippen MR) is 87.2 cm³/mol. The lowest BCUT2D eigenvalue weighted by atomic mass is 10.2. The Hall–Kier alpha value is -2.88. The Labute approximate surface area is 140 Å². The van der Waals surface area contributed by atoms with E-state index in [1.165, 1.54) is 23.6 Å². The monoisotopic (exact) mass is 346 g/mol. The third-order valence-corrected chi connectivity index (χ3v) is 4.25. The van der Waals surface area contributed by atoms with E-state index in [1.807, 2.05) is 18.2 Å². The lowest BCUT2D eigenvalue weighted by Gasteiger charge is -2.06. The van der Waals surface area contributed by atoms with E-state index in [4.69, 9.17) is 4.74 Å². The number of nitrogens with one attached hydrogen (secondary N) is 1. The lowest BCUT2D eigenvalue weighted by molar-refractivity contribution is -0.133. The number of tetrazole rings is 1. The number of thioether (sulfide) groups is 1. The lowest BCUT2D eigenvalue weighted by Crippen LogP contribution is -2.10. The zero-order valence-electron chi connectivity index (χ0n) is 12.9. The number of rotatable bonds is 5. The highest BCUT2D eigenvalue weighted by Gasteiger charge is 2.22. The maximum atomic E-state index is 12.1. The van der Waals surface area contributed by atoms with E-state index in [2.05, 4.69) is 25.5 Å². The molecule has 0 aliphatic carbocycles. The average Bonchev–Trinajstić information content (AvgIpc) is 3.18. The van der Waals surface area contributed by atoms with E-state index >= 15 is 0 Å². The molecule has 0 saturated carbocycles. The van der Waals surface area contributed by atoms with Gasteiger partial charge in [-0.1, -0.05) is 23.9 Å². The molecule has 3 aromatic rings. The quantitative estimate of drug-likeness (QED) is 0.307. The van der Waals surface area contributed by atoms with Gasteiger partial charge >= 0.3 is 5.97 Å². The number of aliphatic hydroxyl groups is 1. The van der Waals surface area contributed by atoms with Crippen LogP contribution in [0.4, 0.5) is 0 Å². The summed E-state index contributed by atoms with van der Waals surface area (Å²) in [5.74, 6) is -0.509. The van der Waals surface area contributed by atoms with Gasteiger partial charge in [0.25, 0.3) is 0 Å². The summed E-state index contributed by atoms with van der Waals surface area (Å²) in [6, 6.07) is 7.33. The summed E-state index contributed by atoms with van der Waals surface area (Å²) < 4.78 is 6.24.